The zero-order valence-corrected chi connectivity index (χ0v) is 10.8. The van der Waals surface area contributed by atoms with Crippen LogP contribution in [0, 0.1) is 18.6 Å². The first-order valence-corrected chi connectivity index (χ1v) is 5.88. The molecule has 0 heterocycles. The number of rotatable bonds is 2. The van der Waals surface area contributed by atoms with Gasteiger partial charge in [0.1, 0.15) is 11.6 Å². The average Bonchev–Trinajstić information content (AvgIpc) is 2.39. The Bertz CT molecular complexity index is 704. The molecule has 1 nitrogen and oxygen atoms in total. The minimum atomic E-state index is -4.53. The third kappa shape index (κ3) is 3.09. The second kappa shape index (κ2) is 5.27. The van der Waals surface area contributed by atoms with Gasteiger partial charge in [-0.25, -0.2) is 8.78 Å². The average molecular weight is 300 g/mol. The Morgan fingerprint density at radius 1 is 0.952 bits per heavy atom. The van der Waals surface area contributed by atoms with Crippen LogP contribution in [0.15, 0.2) is 36.4 Å². The van der Waals surface area contributed by atoms with Crippen LogP contribution in [0.1, 0.15) is 27.0 Å². The first-order chi connectivity index (χ1) is 9.70. The summed E-state index contributed by atoms with van der Waals surface area (Å²) in [5.74, 6) is -2.59. The molecule has 0 fully saturated rings. The van der Waals surface area contributed by atoms with Crippen molar-refractivity contribution in [2.45, 2.75) is 13.1 Å². The summed E-state index contributed by atoms with van der Waals surface area (Å²) in [6, 6.07) is 4.86. The van der Waals surface area contributed by atoms with Crippen LogP contribution in [0.3, 0.4) is 0 Å². The lowest BCUT2D eigenvalue weighted by Crippen LogP contribution is -2.10. The van der Waals surface area contributed by atoms with Crippen molar-refractivity contribution in [2.24, 2.45) is 0 Å². The second-order valence-corrected chi connectivity index (χ2v) is 4.48. The van der Waals surface area contributed by atoms with Crippen LogP contribution >= 0.6 is 0 Å². The van der Waals surface area contributed by atoms with Crippen molar-refractivity contribution in [3.05, 3.63) is 70.3 Å². The van der Waals surface area contributed by atoms with Gasteiger partial charge < -0.3 is 0 Å². The highest BCUT2D eigenvalue weighted by Crippen LogP contribution is 2.31. The third-order valence-corrected chi connectivity index (χ3v) is 2.97. The van der Waals surface area contributed by atoms with Gasteiger partial charge in [-0.2, -0.15) is 13.2 Å². The SMILES string of the molecule is Cc1cc(C(F)(F)F)ccc1C(=O)c1cc(F)ccc1F. The fourth-order valence-electron chi connectivity index (χ4n) is 1.91. The molecule has 0 aliphatic carbocycles. The topological polar surface area (TPSA) is 17.1 Å². The maximum atomic E-state index is 13.5. The predicted molar refractivity (Wildman–Crippen MR) is 66.0 cm³/mol. The molecule has 0 amide bonds. The van der Waals surface area contributed by atoms with Crippen molar-refractivity contribution in [3.63, 3.8) is 0 Å². The molecule has 21 heavy (non-hydrogen) atoms. The first-order valence-electron chi connectivity index (χ1n) is 5.88. The summed E-state index contributed by atoms with van der Waals surface area (Å²) < 4.78 is 64.3. The summed E-state index contributed by atoms with van der Waals surface area (Å²) >= 11 is 0. The highest BCUT2D eigenvalue weighted by Gasteiger charge is 2.31. The molecule has 0 aliphatic rings. The standard InChI is InChI=1S/C15H9F5O/c1-8-6-9(15(18,19)20)2-4-11(8)14(21)12-7-10(16)3-5-13(12)17/h2-7H,1H3. The van der Waals surface area contributed by atoms with Gasteiger partial charge in [0, 0.05) is 5.56 Å². The molecule has 0 spiro atoms. The maximum Gasteiger partial charge on any atom is 0.416 e. The highest BCUT2D eigenvalue weighted by molar-refractivity contribution is 6.10. The molecule has 0 radical (unpaired) electrons. The van der Waals surface area contributed by atoms with Gasteiger partial charge in [-0.05, 0) is 42.8 Å². The molecular formula is C15H9F5O. The van der Waals surface area contributed by atoms with E-state index in [1.54, 1.807) is 0 Å². The number of benzene rings is 2. The van der Waals surface area contributed by atoms with E-state index in [1.165, 1.54) is 6.92 Å². The first kappa shape index (κ1) is 15.2. The summed E-state index contributed by atoms with van der Waals surface area (Å²) in [5.41, 5.74) is -1.49. The number of hydrogen-bond acceptors (Lipinski definition) is 1. The number of aryl methyl sites for hydroxylation is 1. The largest absolute Gasteiger partial charge is 0.416 e. The molecule has 0 aliphatic heterocycles. The minimum absolute atomic E-state index is 0.0403. The summed E-state index contributed by atoms with van der Waals surface area (Å²) in [6.45, 7) is 1.31. The van der Waals surface area contributed by atoms with Gasteiger partial charge in [-0.15, -0.1) is 0 Å². The second-order valence-electron chi connectivity index (χ2n) is 4.48. The monoisotopic (exact) mass is 300 g/mol. The van der Waals surface area contributed by atoms with Crippen molar-refractivity contribution >= 4 is 5.78 Å². The lowest BCUT2D eigenvalue weighted by atomic mass is 9.97. The Hall–Kier alpha value is -2.24. The van der Waals surface area contributed by atoms with Crippen molar-refractivity contribution in [1.82, 2.24) is 0 Å². The molecule has 0 N–H and O–H groups in total. The fraction of sp³-hybridized carbons (Fsp3) is 0.133. The van der Waals surface area contributed by atoms with E-state index in [-0.39, 0.29) is 11.1 Å². The van der Waals surface area contributed by atoms with Gasteiger partial charge in [0.2, 0.25) is 0 Å². The summed E-state index contributed by atoms with van der Waals surface area (Å²) in [7, 11) is 0. The Morgan fingerprint density at radius 2 is 1.62 bits per heavy atom. The van der Waals surface area contributed by atoms with Crippen molar-refractivity contribution in [2.75, 3.05) is 0 Å². The Morgan fingerprint density at radius 3 is 2.19 bits per heavy atom. The van der Waals surface area contributed by atoms with E-state index in [9.17, 15) is 26.7 Å². The Balaban J connectivity index is 2.47. The molecular weight excluding hydrogens is 291 g/mol. The van der Waals surface area contributed by atoms with E-state index >= 15 is 0 Å². The van der Waals surface area contributed by atoms with Crippen LogP contribution in [0.2, 0.25) is 0 Å². The normalized spacial score (nSPS) is 11.5. The van der Waals surface area contributed by atoms with E-state index in [1.807, 2.05) is 0 Å². The molecule has 6 heteroatoms. The van der Waals surface area contributed by atoms with Crippen molar-refractivity contribution in [3.8, 4) is 0 Å². The quantitative estimate of drug-likeness (QED) is 0.588. The van der Waals surface area contributed by atoms with Crippen LogP contribution in [0.5, 0.6) is 0 Å². The zero-order chi connectivity index (χ0) is 15.8. The molecule has 0 bridgehead atoms. The number of ketones is 1. The number of hydrogen-bond donors (Lipinski definition) is 0. The summed E-state index contributed by atoms with van der Waals surface area (Å²) in [4.78, 5) is 12.1. The number of carbonyl (C=O) groups excluding carboxylic acids is 1. The van der Waals surface area contributed by atoms with Gasteiger partial charge in [0.05, 0.1) is 11.1 Å². The Kier molecular flexibility index (Phi) is 3.80. The zero-order valence-electron chi connectivity index (χ0n) is 10.8. The van der Waals surface area contributed by atoms with Crippen LogP contribution in [0.4, 0.5) is 22.0 Å². The molecule has 0 atom stereocenters. The van der Waals surface area contributed by atoms with Crippen molar-refractivity contribution < 1.29 is 26.7 Å². The molecule has 0 unspecified atom stereocenters. The van der Waals surface area contributed by atoms with Crippen LogP contribution in [-0.2, 0) is 6.18 Å². The Labute approximate surface area is 117 Å². The smallest absolute Gasteiger partial charge is 0.288 e. The number of halogens is 5. The number of carbonyl (C=O) groups is 1. The number of alkyl halides is 3. The van der Waals surface area contributed by atoms with E-state index in [0.29, 0.717) is 0 Å². The van der Waals surface area contributed by atoms with Gasteiger partial charge in [-0.3, -0.25) is 4.79 Å². The van der Waals surface area contributed by atoms with Crippen molar-refractivity contribution in [1.29, 1.82) is 0 Å². The molecule has 110 valence electrons. The summed E-state index contributed by atoms with van der Waals surface area (Å²) in [6.07, 6.45) is -4.53. The van der Waals surface area contributed by atoms with E-state index in [2.05, 4.69) is 0 Å². The van der Waals surface area contributed by atoms with Gasteiger partial charge in [-0.1, -0.05) is 6.07 Å². The highest BCUT2D eigenvalue weighted by atomic mass is 19.4. The molecule has 2 aromatic carbocycles. The third-order valence-electron chi connectivity index (χ3n) is 2.97. The van der Waals surface area contributed by atoms with Gasteiger partial charge >= 0.3 is 6.18 Å². The minimum Gasteiger partial charge on any atom is -0.288 e. The molecule has 2 rings (SSSR count). The van der Waals surface area contributed by atoms with E-state index in [0.717, 1.165) is 36.4 Å². The van der Waals surface area contributed by atoms with E-state index < -0.39 is 34.7 Å². The lowest BCUT2D eigenvalue weighted by molar-refractivity contribution is -0.137. The summed E-state index contributed by atoms with van der Waals surface area (Å²) in [5, 5.41) is 0. The molecule has 0 saturated carbocycles. The molecule has 2 aromatic rings. The predicted octanol–water partition coefficient (Wildman–Crippen LogP) is 4.52. The van der Waals surface area contributed by atoms with Gasteiger partial charge in [0.25, 0.3) is 0 Å². The van der Waals surface area contributed by atoms with Crippen LogP contribution in [0.25, 0.3) is 0 Å². The molecule has 0 aromatic heterocycles. The fourth-order valence-corrected chi connectivity index (χ4v) is 1.91. The van der Waals surface area contributed by atoms with E-state index in [4.69, 9.17) is 0 Å². The molecule has 0 saturated heterocycles. The van der Waals surface area contributed by atoms with Crippen LogP contribution < -0.4 is 0 Å². The maximum absolute atomic E-state index is 13.5. The lowest BCUT2D eigenvalue weighted by Gasteiger charge is -2.11. The van der Waals surface area contributed by atoms with Crippen LogP contribution in [-0.4, -0.2) is 5.78 Å². The van der Waals surface area contributed by atoms with Gasteiger partial charge in [0.15, 0.2) is 5.78 Å².